The quantitative estimate of drug-likeness (QED) is 0.640. The van der Waals surface area contributed by atoms with E-state index in [1.165, 1.54) is 11.6 Å². The largest absolute Gasteiger partial charge is 0.490 e. The van der Waals surface area contributed by atoms with Crippen molar-refractivity contribution in [2.24, 2.45) is 0 Å². The maximum atomic E-state index is 12.0. The van der Waals surface area contributed by atoms with Crippen LogP contribution in [0.3, 0.4) is 0 Å². The molecule has 0 fully saturated rings. The summed E-state index contributed by atoms with van der Waals surface area (Å²) in [5.74, 6) is 1.30. The maximum Gasteiger partial charge on any atom is 0.244 e. The molecule has 0 saturated carbocycles. The minimum Gasteiger partial charge on any atom is -0.490 e. The highest BCUT2D eigenvalue weighted by molar-refractivity contribution is 6.32. The van der Waals surface area contributed by atoms with Gasteiger partial charge in [0.15, 0.2) is 5.76 Å². The lowest BCUT2D eigenvalue weighted by atomic mass is 10.1. The van der Waals surface area contributed by atoms with E-state index < -0.39 is 0 Å². The smallest absolute Gasteiger partial charge is 0.244 e. The van der Waals surface area contributed by atoms with Crippen molar-refractivity contribution in [2.45, 2.75) is 26.0 Å². The van der Waals surface area contributed by atoms with Crippen molar-refractivity contribution in [2.75, 3.05) is 0 Å². The van der Waals surface area contributed by atoms with E-state index in [0.717, 1.165) is 23.3 Å². The van der Waals surface area contributed by atoms with E-state index in [4.69, 9.17) is 20.9 Å². The Morgan fingerprint density at radius 2 is 2.14 bits per heavy atom. The Kier molecular flexibility index (Phi) is 5.17. The number of carbonyl (C=O) groups excluding carboxylic acids is 1. The lowest BCUT2D eigenvalue weighted by Gasteiger charge is -2.03. The van der Waals surface area contributed by atoms with Crippen molar-refractivity contribution in [1.29, 1.82) is 0 Å². The van der Waals surface area contributed by atoms with E-state index in [1.54, 1.807) is 12.1 Å². The number of halogens is 1. The summed E-state index contributed by atoms with van der Waals surface area (Å²) >= 11 is 6.07. The minimum absolute atomic E-state index is 0.199. The topological polar surface area (TPSA) is 64.4 Å². The number of nitrogens with one attached hydrogen (secondary N) is 1. The molecule has 2 heterocycles. The fourth-order valence-corrected chi connectivity index (χ4v) is 3.30. The summed E-state index contributed by atoms with van der Waals surface area (Å²) in [6.07, 6.45) is 4.24. The molecule has 4 rings (SSSR count). The van der Waals surface area contributed by atoms with Gasteiger partial charge in [0.05, 0.1) is 6.54 Å². The van der Waals surface area contributed by atoms with Gasteiger partial charge < -0.3 is 14.6 Å². The van der Waals surface area contributed by atoms with Gasteiger partial charge in [0.1, 0.15) is 17.5 Å². The molecule has 1 aliphatic heterocycles. The van der Waals surface area contributed by atoms with Crippen molar-refractivity contribution in [3.63, 3.8) is 0 Å². The van der Waals surface area contributed by atoms with Gasteiger partial charge in [-0.3, -0.25) is 4.79 Å². The number of hydrogen-bond donors (Lipinski definition) is 1. The average Bonchev–Trinajstić information content (AvgIpc) is 3.30. The molecule has 0 bridgehead atoms. The van der Waals surface area contributed by atoms with Gasteiger partial charge in [-0.2, -0.15) is 0 Å². The maximum absolute atomic E-state index is 12.0. The standard InChI is InChI=1S/C22H19ClN2O3/c1-14-10-16-6-7-17(11-20(16)27-14)21-12-18(25-28-21)13-24-22(26)9-8-15-4-2-3-5-19(15)23/h2-9,11-12,14H,10,13H2,1H3,(H,24,26)/b9-8+. The molecule has 0 spiro atoms. The van der Waals surface area contributed by atoms with Crippen LogP contribution in [0, 0.1) is 0 Å². The number of fused-ring (bicyclic) bond motifs is 1. The highest BCUT2D eigenvalue weighted by Crippen LogP contribution is 2.33. The molecule has 1 N–H and O–H groups in total. The summed E-state index contributed by atoms with van der Waals surface area (Å²) in [6, 6.07) is 15.2. The molecule has 0 radical (unpaired) electrons. The summed E-state index contributed by atoms with van der Waals surface area (Å²) in [6.45, 7) is 2.32. The lowest BCUT2D eigenvalue weighted by Crippen LogP contribution is -2.20. The SMILES string of the molecule is CC1Cc2ccc(-c3cc(CNC(=O)/C=C/c4ccccc4Cl)no3)cc2O1. The molecule has 1 aromatic heterocycles. The van der Waals surface area contributed by atoms with Crippen LogP contribution in [0.15, 0.2) is 59.1 Å². The molecular formula is C22H19ClN2O3. The Labute approximate surface area is 167 Å². The molecule has 1 aliphatic rings. The van der Waals surface area contributed by atoms with Crippen molar-refractivity contribution in [3.05, 3.63) is 76.5 Å². The second-order valence-electron chi connectivity index (χ2n) is 6.71. The number of aromatic nitrogens is 1. The van der Waals surface area contributed by atoms with Crippen LogP contribution in [0.25, 0.3) is 17.4 Å². The Morgan fingerprint density at radius 1 is 1.29 bits per heavy atom. The number of ether oxygens (including phenoxy) is 1. The van der Waals surface area contributed by atoms with Crippen LogP contribution in [0.4, 0.5) is 0 Å². The molecule has 1 amide bonds. The predicted octanol–water partition coefficient (Wildman–Crippen LogP) is 4.65. The highest BCUT2D eigenvalue weighted by atomic mass is 35.5. The van der Waals surface area contributed by atoms with Gasteiger partial charge in [-0.1, -0.05) is 47.1 Å². The zero-order chi connectivity index (χ0) is 19.5. The Balaban J connectivity index is 1.37. The van der Waals surface area contributed by atoms with Gasteiger partial charge in [-0.05, 0) is 36.3 Å². The van der Waals surface area contributed by atoms with E-state index in [1.807, 2.05) is 36.4 Å². The van der Waals surface area contributed by atoms with Crippen LogP contribution < -0.4 is 10.1 Å². The fraction of sp³-hybridized carbons (Fsp3) is 0.182. The predicted molar refractivity (Wildman–Crippen MR) is 108 cm³/mol. The van der Waals surface area contributed by atoms with E-state index in [9.17, 15) is 4.79 Å². The van der Waals surface area contributed by atoms with E-state index >= 15 is 0 Å². The molecule has 1 unspecified atom stereocenters. The summed E-state index contributed by atoms with van der Waals surface area (Å²) in [5, 5.41) is 7.41. The third-order valence-electron chi connectivity index (χ3n) is 4.51. The third-order valence-corrected chi connectivity index (χ3v) is 4.85. The van der Waals surface area contributed by atoms with Crippen molar-refractivity contribution < 1.29 is 14.1 Å². The van der Waals surface area contributed by atoms with Gasteiger partial charge in [-0.15, -0.1) is 0 Å². The number of carbonyl (C=O) groups is 1. The summed E-state index contributed by atoms with van der Waals surface area (Å²) < 4.78 is 11.2. The van der Waals surface area contributed by atoms with Gasteiger partial charge in [0.25, 0.3) is 0 Å². The molecule has 2 aromatic carbocycles. The monoisotopic (exact) mass is 394 g/mol. The minimum atomic E-state index is -0.232. The van der Waals surface area contributed by atoms with Gasteiger partial charge in [-0.25, -0.2) is 0 Å². The molecule has 5 nitrogen and oxygen atoms in total. The van der Waals surface area contributed by atoms with Crippen molar-refractivity contribution in [1.82, 2.24) is 10.5 Å². The Hall–Kier alpha value is -3.05. The molecule has 28 heavy (non-hydrogen) atoms. The molecule has 1 atom stereocenters. The van der Waals surface area contributed by atoms with Gasteiger partial charge in [0, 0.05) is 29.1 Å². The Morgan fingerprint density at radius 3 is 3.00 bits per heavy atom. The number of nitrogens with zero attached hydrogens (tertiary/aromatic N) is 1. The number of amides is 1. The Bertz CT molecular complexity index is 1040. The van der Waals surface area contributed by atoms with Crippen LogP contribution in [-0.2, 0) is 17.8 Å². The van der Waals surface area contributed by atoms with Crippen molar-refractivity contribution >= 4 is 23.6 Å². The van der Waals surface area contributed by atoms with Crippen LogP contribution in [0.5, 0.6) is 5.75 Å². The summed E-state index contributed by atoms with van der Waals surface area (Å²) in [5.41, 5.74) is 3.53. The summed E-state index contributed by atoms with van der Waals surface area (Å²) in [4.78, 5) is 12.0. The third kappa shape index (κ3) is 4.10. The second-order valence-corrected chi connectivity index (χ2v) is 7.12. The normalized spacial score (nSPS) is 15.4. The molecular weight excluding hydrogens is 376 g/mol. The first-order valence-electron chi connectivity index (χ1n) is 9.04. The van der Waals surface area contributed by atoms with Crippen LogP contribution in [-0.4, -0.2) is 17.2 Å². The van der Waals surface area contributed by atoms with E-state index in [-0.39, 0.29) is 18.6 Å². The van der Waals surface area contributed by atoms with Crippen LogP contribution >= 0.6 is 11.6 Å². The van der Waals surface area contributed by atoms with Crippen LogP contribution in [0.1, 0.15) is 23.7 Å². The first-order valence-corrected chi connectivity index (χ1v) is 9.42. The van der Waals surface area contributed by atoms with Gasteiger partial charge in [0.2, 0.25) is 5.91 Å². The average molecular weight is 395 g/mol. The van der Waals surface area contributed by atoms with Crippen molar-refractivity contribution in [3.8, 4) is 17.1 Å². The lowest BCUT2D eigenvalue weighted by molar-refractivity contribution is -0.116. The molecule has 3 aromatic rings. The van der Waals surface area contributed by atoms with E-state index in [2.05, 4.69) is 23.5 Å². The molecule has 6 heteroatoms. The number of rotatable bonds is 5. The number of hydrogen-bond acceptors (Lipinski definition) is 4. The number of benzene rings is 2. The van der Waals surface area contributed by atoms with E-state index in [0.29, 0.717) is 16.5 Å². The first kappa shape index (κ1) is 18.3. The van der Waals surface area contributed by atoms with Crippen LogP contribution in [0.2, 0.25) is 5.02 Å². The molecule has 142 valence electrons. The first-order chi connectivity index (χ1) is 13.6. The molecule has 0 aliphatic carbocycles. The second kappa shape index (κ2) is 7.90. The highest BCUT2D eigenvalue weighted by Gasteiger charge is 2.20. The zero-order valence-corrected chi connectivity index (χ0v) is 16.1. The zero-order valence-electron chi connectivity index (χ0n) is 15.3. The summed E-state index contributed by atoms with van der Waals surface area (Å²) in [7, 11) is 0. The van der Waals surface area contributed by atoms with Gasteiger partial charge >= 0.3 is 0 Å². The fourth-order valence-electron chi connectivity index (χ4n) is 3.10. The molecule has 0 saturated heterocycles.